The third-order valence-electron chi connectivity index (χ3n) is 0.598. The number of nitrogens with zero attached hydrogens (tertiary/aromatic N) is 1. The third kappa shape index (κ3) is 197. The van der Waals surface area contributed by atoms with Crippen LogP contribution in [0.15, 0.2) is 0 Å². The maximum atomic E-state index is 9.70. The number of isocyanates is 1. The largest absolute Gasteiger partial charge is 0.724 e. The normalized spacial score (nSPS) is 6.04. The summed E-state index contributed by atoms with van der Waals surface area (Å²) < 4.78 is 4.50. The first-order valence-corrected chi connectivity index (χ1v) is 22.4. The van der Waals surface area contributed by atoms with Gasteiger partial charge in [-0.05, 0) is 18.3 Å². The molecule has 1 saturated heterocycles. The molecule has 16 heteroatoms. The van der Waals surface area contributed by atoms with Gasteiger partial charge in [-0.15, -0.1) is 24.0 Å². The Morgan fingerprint density at radius 2 is 1.25 bits per heavy atom. The molecule has 0 aromatic carbocycles. The molecule has 0 aromatic rings. The van der Waals surface area contributed by atoms with Crippen molar-refractivity contribution in [3.63, 3.8) is 0 Å². The van der Waals surface area contributed by atoms with Gasteiger partial charge in [-0.25, -0.2) is 0 Å². The Bertz CT molecular complexity index is 171. The predicted octanol–water partition coefficient (Wildman–Crippen LogP) is 1.49. The molecule has 0 atom stereocenters. The SMILES string of the molecule is C1CO1.I.II.I[I-]I.O.[CH2-]C(=O)CC.[CH3-].[N-]=C=O.[Y].[Y].[Y].[Y].[Y]. The van der Waals surface area contributed by atoms with Crippen LogP contribution in [0.3, 0.4) is 0 Å². The maximum absolute atomic E-state index is 9.70. The Labute approximate surface area is 343 Å². The minimum absolute atomic E-state index is 0. The summed E-state index contributed by atoms with van der Waals surface area (Å²) in [4.78, 5) is 17.9. The summed E-state index contributed by atoms with van der Waals surface area (Å²) in [5, 5.41) is 6.76. The Morgan fingerprint density at radius 3 is 1.25 bits per heavy atom. The molecule has 0 bridgehead atoms. The first kappa shape index (κ1) is 76.7. The first-order chi connectivity index (χ1) is 7.60. The average Bonchev–Trinajstić information content (AvgIpc) is 3.10. The van der Waals surface area contributed by atoms with Gasteiger partial charge in [0.1, 0.15) is 0 Å². The number of hydrogen-bond acceptors (Lipinski definition) is 3. The Morgan fingerprint density at radius 1 is 1.17 bits per heavy atom. The van der Waals surface area contributed by atoms with Crippen LogP contribution in [0.25, 0.3) is 5.41 Å². The number of ether oxygens (including phenoxy) is 1. The molecule has 24 heavy (non-hydrogen) atoms. The molecule has 0 unspecified atom stereocenters. The second-order valence-corrected chi connectivity index (χ2v) is 17.9. The molecule has 1 heterocycles. The van der Waals surface area contributed by atoms with Crippen molar-refractivity contribution in [2.75, 3.05) is 13.2 Å². The van der Waals surface area contributed by atoms with Crippen LogP contribution in [0.4, 0.5) is 0 Å². The molecule has 0 aliphatic carbocycles. The van der Waals surface area contributed by atoms with Crippen molar-refractivity contribution in [1.82, 2.24) is 0 Å². The zero-order valence-electron chi connectivity index (χ0n) is 13.2. The summed E-state index contributed by atoms with van der Waals surface area (Å²) in [6.45, 7) is 6.91. The van der Waals surface area contributed by atoms with E-state index in [0.29, 0.717) is 25.8 Å². The van der Waals surface area contributed by atoms with Crippen LogP contribution in [0.2, 0.25) is 0 Å². The van der Waals surface area contributed by atoms with E-state index in [-0.39, 0.29) is 206 Å². The number of carbonyl (C=O) groups is 1. The number of ketones is 1. The van der Waals surface area contributed by atoms with Crippen LogP contribution in [-0.2, 0) is 178 Å². The number of halogens is 6. The fraction of sp³-hybridized carbons (Fsp3) is 0.500. The van der Waals surface area contributed by atoms with E-state index < -0.39 is 0 Å². The molecule has 0 aromatic heterocycles. The molecule has 1 aliphatic rings. The topological polar surface area (TPSA) is 100 Å². The minimum Gasteiger partial charge on any atom is -0.724 e. The van der Waals surface area contributed by atoms with Gasteiger partial charge in [-0.1, -0.05) is 6.92 Å². The summed E-state index contributed by atoms with van der Waals surface area (Å²) >= 11 is 9.54. The number of rotatable bonds is 1. The zero-order valence-corrected chi connectivity index (χ0v) is 40.5. The summed E-state index contributed by atoms with van der Waals surface area (Å²) in [5.41, 5.74) is 0. The number of epoxide rings is 1. The summed E-state index contributed by atoms with van der Waals surface area (Å²) in [6.07, 6.45) is 1.06. The van der Waals surface area contributed by atoms with E-state index >= 15 is 0 Å². The van der Waals surface area contributed by atoms with Gasteiger partial charge < -0.3 is 34.8 Å². The summed E-state index contributed by atoms with van der Waals surface area (Å²) in [6, 6.07) is 0. The molecule has 0 saturated carbocycles. The van der Waals surface area contributed by atoms with E-state index in [1.54, 1.807) is 6.92 Å². The minimum atomic E-state index is 0. The van der Waals surface area contributed by atoms with Crippen molar-refractivity contribution in [3.8, 4) is 0 Å². The predicted molar refractivity (Wildman–Crippen MR) is 122 cm³/mol. The number of Topliss-reactive ketones (excluding diaryl/α,β-unsaturated/α-hetero) is 1. The first-order valence-electron chi connectivity index (χ1n) is 3.55. The molecule has 139 valence electrons. The van der Waals surface area contributed by atoms with Crippen molar-refractivity contribution < 1.29 is 197 Å². The molecule has 0 spiro atoms. The number of hydrogen-bond donors (Lipinski definition) is 0. The molecule has 1 aliphatic heterocycles. The second-order valence-electron chi connectivity index (χ2n) is 1.65. The van der Waals surface area contributed by atoms with E-state index in [1.165, 1.54) is 0 Å². The van der Waals surface area contributed by atoms with Gasteiger partial charge in [0, 0.05) is 201 Å². The van der Waals surface area contributed by atoms with Crippen LogP contribution in [-0.4, -0.2) is 30.6 Å². The van der Waals surface area contributed by atoms with Crippen LogP contribution < -0.4 is 13.3 Å². The second kappa shape index (κ2) is 95.3. The summed E-state index contributed by atoms with van der Waals surface area (Å²) in [7, 11) is 0. The van der Waals surface area contributed by atoms with Gasteiger partial charge in [-0.2, -0.15) is 0 Å². The van der Waals surface area contributed by atoms with Gasteiger partial charge in [-0.3, -0.25) is 4.79 Å². The summed E-state index contributed by atoms with van der Waals surface area (Å²) in [5.74, 6) is 0.00463. The van der Waals surface area contributed by atoms with Crippen molar-refractivity contribution in [2.24, 2.45) is 0 Å². The van der Waals surface area contributed by atoms with E-state index in [4.69, 9.17) is 10.2 Å². The van der Waals surface area contributed by atoms with Gasteiger partial charge in [0.25, 0.3) is 0 Å². The monoisotopic (exact) mass is 1400 g/mol. The molecule has 1 fully saturated rings. The third-order valence-corrected chi connectivity index (χ3v) is 0.598. The fourth-order valence-electron chi connectivity index (χ4n) is 0. The average molecular weight is 1400 g/mol. The van der Waals surface area contributed by atoms with Crippen molar-refractivity contribution in [2.45, 2.75) is 13.3 Å². The molecule has 0 amide bonds. The van der Waals surface area contributed by atoms with Crippen molar-refractivity contribution in [1.29, 1.82) is 0 Å². The molecular weight excluding hydrogens is 1380 g/mol. The quantitative estimate of drug-likeness (QED) is 0.131. The van der Waals surface area contributed by atoms with Gasteiger partial charge in [0.15, 0.2) is 0 Å². The van der Waals surface area contributed by atoms with Crippen molar-refractivity contribution >= 4 is 110 Å². The maximum Gasteiger partial charge on any atom is 0 e. The van der Waals surface area contributed by atoms with Gasteiger partial charge >= 0.3 is 50.5 Å². The molecule has 5 radical (unpaired) electrons. The Hall–Kier alpha value is 8.74. The van der Waals surface area contributed by atoms with E-state index in [9.17, 15) is 4.79 Å². The zero-order chi connectivity index (χ0) is 13.8. The molecule has 1 rings (SSSR count). The Kier molecular flexibility index (Phi) is 304. The standard InChI is InChI=1S/C4H7O.C2H4O.CNO.CH3.I3.I2.HI.H2O.5Y/c1-3-4(2)5;1-2-3-1;2-1-3;;1-3-2;1-2;;;;;;;/h2-3H2,1H3;1-2H2;;1H3;;;1H;1H2;;;;;/q-1;;3*-1;;;;;;;;. The van der Waals surface area contributed by atoms with Crippen LogP contribution in [0.1, 0.15) is 13.3 Å². The van der Waals surface area contributed by atoms with Crippen LogP contribution in [0.5, 0.6) is 0 Å². The van der Waals surface area contributed by atoms with Crippen LogP contribution in [0, 0.1) is 14.4 Å². The fourth-order valence-corrected chi connectivity index (χ4v) is 0. The smallest absolute Gasteiger partial charge is 0 e. The van der Waals surface area contributed by atoms with Crippen molar-refractivity contribution in [3.05, 3.63) is 19.8 Å². The molecular formula is C8H17I6NO4Y5-4. The van der Waals surface area contributed by atoms with E-state index in [1.807, 2.05) is 0 Å². The van der Waals surface area contributed by atoms with Crippen LogP contribution >= 0.6 is 98.4 Å². The van der Waals surface area contributed by atoms with E-state index in [0.717, 1.165) is 13.2 Å². The van der Waals surface area contributed by atoms with Gasteiger partial charge in [0.05, 0.1) is 13.2 Å². The molecule has 2 N–H and O–H groups in total. The Balaban J connectivity index is -0.00000000707. The van der Waals surface area contributed by atoms with E-state index in [2.05, 4.69) is 86.1 Å². The molecule has 5 nitrogen and oxygen atoms in total. The van der Waals surface area contributed by atoms with Gasteiger partial charge in [0.2, 0.25) is 0 Å². The number of carbonyl (C=O) groups excluding carboxylic acids is 2.